The van der Waals surface area contributed by atoms with Gasteiger partial charge in [0.05, 0.1) is 18.0 Å². The highest BCUT2D eigenvalue weighted by Crippen LogP contribution is 2.20. The van der Waals surface area contributed by atoms with Gasteiger partial charge < -0.3 is 20.5 Å². The summed E-state index contributed by atoms with van der Waals surface area (Å²) < 4.78 is 5.57. The Morgan fingerprint density at radius 2 is 2.08 bits per heavy atom. The molecule has 1 amide bonds. The molecule has 6 heteroatoms. The first-order valence-electron chi connectivity index (χ1n) is 7.82. The fraction of sp³-hybridized carbons (Fsp3) is 0.333. The summed E-state index contributed by atoms with van der Waals surface area (Å²) in [6.07, 6.45) is 1.11. The number of nitrogens with zero attached hydrogens (tertiary/aromatic N) is 1. The van der Waals surface area contributed by atoms with Gasteiger partial charge in [0, 0.05) is 6.54 Å². The van der Waals surface area contributed by atoms with Crippen molar-refractivity contribution in [1.29, 1.82) is 0 Å². The van der Waals surface area contributed by atoms with E-state index in [1.165, 1.54) is 0 Å². The summed E-state index contributed by atoms with van der Waals surface area (Å²) >= 11 is 0. The zero-order valence-corrected chi connectivity index (χ0v) is 14.2. The highest BCUT2D eigenvalue weighted by atomic mass is 16.5. The summed E-state index contributed by atoms with van der Waals surface area (Å²) in [6, 6.07) is 9.23. The van der Waals surface area contributed by atoms with Crippen molar-refractivity contribution in [2.75, 3.05) is 23.8 Å². The van der Waals surface area contributed by atoms with E-state index in [1.54, 1.807) is 25.3 Å². The largest absolute Gasteiger partial charge is 0.483 e. The maximum atomic E-state index is 12.0. The van der Waals surface area contributed by atoms with Crippen LogP contribution in [0.1, 0.15) is 18.1 Å². The number of carbonyl (C=O) groups is 1. The van der Waals surface area contributed by atoms with Crippen LogP contribution in [0.3, 0.4) is 0 Å². The van der Waals surface area contributed by atoms with Crippen molar-refractivity contribution >= 4 is 17.4 Å². The number of ether oxygens (including phenoxy) is 1. The molecule has 1 atom stereocenters. The van der Waals surface area contributed by atoms with Crippen LogP contribution >= 0.6 is 0 Å². The number of benzene rings is 1. The van der Waals surface area contributed by atoms with E-state index >= 15 is 0 Å². The van der Waals surface area contributed by atoms with Gasteiger partial charge in [-0.2, -0.15) is 0 Å². The molecular formula is C18H23N3O3. The van der Waals surface area contributed by atoms with Crippen LogP contribution in [0.25, 0.3) is 0 Å². The lowest BCUT2D eigenvalue weighted by Gasteiger charge is -2.11. The van der Waals surface area contributed by atoms with Crippen molar-refractivity contribution in [3.63, 3.8) is 0 Å². The van der Waals surface area contributed by atoms with Crippen molar-refractivity contribution in [2.45, 2.75) is 26.9 Å². The first-order chi connectivity index (χ1) is 11.5. The molecular weight excluding hydrogens is 306 g/mol. The highest BCUT2D eigenvalue weighted by molar-refractivity contribution is 5.91. The molecule has 0 aliphatic heterocycles. The quantitative estimate of drug-likeness (QED) is 0.727. The second-order valence-corrected chi connectivity index (χ2v) is 5.70. The van der Waals surface area contributed by atoms with Gasteiger partial charge in [0.25, 0.3) is 5.91 Å². The van der Waals surface area contributed by atoms with Gasteiger partial charge >= 0.3 is 0 Å². The Balaban J connectivity index is 1.85. The number of anilines is 2. The Morgan fingerprint density at radius 1 is 1.29 bits per heavy atom. The molecule has 0 bridgehead atoms. The van der Waals surface area contributed by atoms with E-state index in [0.717, 1.165) is 11.1 Å². The molecule has 6 nitrogen and oxygen atoms in total. The number of hydrogen-bond acceptors (Lipinski definition) is 5. The molecule has 1 unspecified atom stereocenters. The summed E-state index contributed by atoms with van der Waals surface area (Å²) in [5, 5.41) is 14.9. The number of pyridine rings is 1. The second kappa shape index (κ2) is 8.31. The Bertz CT molecular complexity index is 684. The van der Waals surface area contributed by atoms with E-state index < -0.39 is 6.10 Å². The maximum Gasteiger partial charge on any atom is 0.262 e. The van der Waals surface area contributed by atoms with E-state index in [4.69, 9.17) is 4.74 Å². The number of hydrogen-bond donors (Lipinski definition) is 3. The molecule has 1 heterocycles. The predicted molar refractivity (Wildman–Crippen MR) is 94.4 cm³/mol. The number of nitrogens with one attached hydrogen (secondary N) is 2. The Kier molecular flexibility index (Phi) is 6.14. The molecule has 3 N–H and O–H groups in total. The number of rotatable bonds is 7. The minimum absolute atomic E-state index is 0.0632. The van der Waals surface area contributed by atoms with Gasteiger partial charge in [-0.1, -0.05) is 12.1 Å². The van der Waals surface area contributed by atoms with E-state index in [1.807, 2.05) is 32.0 Å². The third kappa shape index (κ3) is 5.24. The van der Waals surface area contributed by atoms with Crippen LogP contribution in [0.4, 0.5) is 11.5 Å². The van der Waals surface area contributed by atoms with Crippen molar-refractivity contribution in [3.8, 4) is 5.75 Å². The van der Waals surface area contributed by atoms with Gasteiger partial charge in [-0.3, -0.25) is 4.79 Å². The minimum Gasteiger partial charge on any atom is -0.483 e. The number of amides is 1. The molecule has 128 valence electrons. The molecule has 0 spiro atoms. The molecule has 0 radical (unpaired) electrons. The molecule has 24 heavy (non-hydrogen) atoms. The van der Waals surface area contributed by atoms with Crippen LogP contribution in [0.2, 0.25) is 0 Å². The fourth-order valence-electron chi connectivity index (χ4n) is 2.05. The van der Waals surface area contributed by atoms with Gasteiger partial charge in [0.2, 0.25) is 0 Å². The molecule has 2 aromatic rings. The molecule has 1 aromatic heterocycles. The summed E-state index contributed by atoms with van der Waals surface area (Å²) in [6.45, 7) is 6.01. The summed E-state index contributed by atoms with van der Waals surface area (Å²) in [5.74, 6) is 1.10. The third-order valence-corrected chi connectivity index (χ3v) is 3.54. The topological polar surface area (TPSA) is 83.5 Å². The van der Waals surface area contributed by atoms with Crippen LogP contribution in [0.15, 0.2) is 36.5 Å². The van der Waals surface area contributed by atoms with E-state index in [9.17, 15) is 9.90 Å². The van der Waals surface area contributed by atoms with Gasteiger partial charge in [-0.05, 0) is 50.1 Å². The third-order valence-electron chi connectivity index (χ3n) is 3.54. The first-order valence-corrected chi connectivity index (χ1v) is 7.82. The Hall–Kier alpha value is -2.60. The minimum atomic E-state index is -0.451. The van der Waals surface area contributed by atoms with Crippen molar-refractivity contribution in [2.24, 2.45) is 0 Å². The summed E-state index contributed by atoms with van der Waals surface area (Å²) in [5.41, 5.74) is 2.74. The molecule has 2 rings (SSSR count). The van der Waals surface area contributed by atoms with Crippen LogP contribution in [0.5, 0.6) is 5.75 Å². The predicted octanol–water partition coefficient (Wildman–Crippen LogP) is 2.51. The maximum absolute atomic E-state index is 12.0. The normalized spacial score (nSPS) is 11.7. The molecule has 0 saturated heterocycles. The fourth-order valence-corrected chi connectivity index (χ4v) is 2.05. The average molecular weight is 329 g/mol. The van der Waals surface area contributed by atoms with Gasteiger partial charge in [0.15, 0.2) is 6.61 Å². The monoisotopic (exact) mass is 329 g/mol. The van der Waals surface area contributed by atoms with Gasteiger partial charge in [-0.25, -0.2) is 4.98 Å². The molecule has 1 aromatic carbocycles. The lowest BCUT2D eigenvalue weighted by molar-refractivity contribution is -0.118. The van der Waals surface area contributed by atoms with Gasteiger partial charge in [-0.15, -0.1) is 0 Å². The highest BCUT2D eigenvalue weighted by Gasteiger charge is 2.07. The standard InChI is InChI=1S/C18H23N3O3/c1-12-5-4-6-16(14(12)3)24-11-18(23)21-15-7-8-17(20-10-15)19-9-13(2)22/h4-8,10,13,22H,9,11H2,1-3H3,(H,19,20)(H,21,23). The number of aliphatic hydroxyl groups excluding tert-OH is 1. The van der Waals surface area contributed by atoms with Crippen molar-refractivity contribution in [1.82, 2.24) is 4.98 Å². The number of carbonyl (C=O) groups excluding carboxylic acids is 1. The Labute approximate surface area is 141 Å². The molecule has 0 aliphatic carbocycles. The molecule has 0 aliphatic rings. The number of aryl methyl sites for hydroxylation is 1. The van der Waals surface area contributed by atoms with Crippen LogP contribution in [-0.2, 0) is 4.79 Å². The first kappa shape index (κ1) is 17.7. The second-order valence-electron chi connectivity index (χ2n) is 5.70. The zero-order chi connectivity index (χ0) is 17.5. The van der Waals surface area contributed by atoms with Gasteiger partial charge in [0.1, 0.15) is 11.6 Å². The lowest BCUT2D eigenvalue weighted by atomic mass is 10.1. The van der Waals surface area contributed by atoms with Crippen LogP contribution in [-0.4, -0.2) is 35.3 Å². The van der Waals surface area contributed by atoms with Crippen LogP contribution < -0.4 is 15.4 Å². The number of aromatic nitrogens is 1. The average Bonchev–Trinajstić information content (AvgIpc) is 2.55. The lowest BCUT2D eigenvalue weighted by Crippen LogP contribution is -2.20. The Morgan fingerprint density at radius 3 is 2.75 bits per heavy atom. The van der Waals surface area contributed by atoms with Crippen molar-refractivity contribution < 1.29 is 14.6 Å². The van der Waals surface area contributed by atoms with Crippen molar-refractivity contribution in [3.05, 3.63) is 47.7 Å². The van der Waals surface area contributed by atoms with E-state index in [0.29, 0.717) is 23.8 Å². The molecule has 0 saturated carbocycles. The summed E-state index contributed by atoms with van der Waals surface area (Å²) in [7, 11) is 0. The SMILES string of the molecule is Cc1cccc(OCC(=O)Nc2ccc(NCC(C)O)nc2)c1C. The van der Waals surface area contributed by atoms with E-state index in [-0.39, 0.29) is 12.5 Å². The smallest absolute Gasteiger partial charge is 0.262 e. The van der Waals surface area contributed by atoms with Crippen LogP contribution in [0, 0.1) is 13.8 Å². The number of aliphatic hydroxyl groups is 1. The van der Waals surface area contributed by atoms with E-state index in [2.05, 4.69) is 15.6 Å². The zero-order valence-electron chi connectivity index (χ0n) is 14.2. The molecule has 0 fully saturated rings. The summed E-state index contributed by atoms with van der Waals surface area (Å²) in [4.78, 5) is 16.1.